The van der Waals surface area contributed by atoms with Crippen LogP contribution in [0.3, 0.4) is 0 Å². The number of hydrogen-bond donors (Lipinski definition) is 3. The second-order valence-corrected chi connectivity index (χ2v) is 6.66. The predicted molar refractivity (Wildman–Crippen MR) is 83.0 cm³/mol. The van der Waals surface area contributed by atoms with E-state index in [0.717, 1.165) is 5.75 Å². The molecule has 2 atom stereocenters. The zero-order valence-corrected chi connectivity index (χ0v) is 12.9. The first-order chi connectivity index (χ1) is 9.98. The van der Waals surface area contributed by atoms with Crippen LogP contribution in [0, 0.1) is 5.82 Å². The van der Waals surface area contributed by atoms with E-state index < -0.39 is 5.60 Å². The van der Waals surface area contributed by atoms with Gasteiger partial charge in [0.05, 0.1) is 5.60 Å². The molecule has 3 N–H and O–H groups in total. The number of rotatable bonds is 5. The van der Waals surface area contributed by atoms with Crippen LogP contribution in [-0.4, -0.2) is 40.8 Å². The minimum absolute atomic E-state index is 0.186. The van der Waals surface area contributed by atoms with Gasteiger partial charge in [-0.05, 0) is 37.1 Å². The molecule has 1 aromatic carbocycles. The van der Waals surface area contributed by atoms with E-state index >= 15 is 0 Å². The molecule has 1 saturated heterocycles. The molecular weight excluding hydrogens is 291 g/mol. The Labute approximate surface area is 128 Å². The van der Waals surface area contributed by atoms with Gasteiger partial charge in [0, 0.05) is 18.3 Å². The number of aliphatic hydroxyl groups is 1. The number of urea groups is 1. The van der Waals surface area contributed by atoms with E-state index in [4.69, 9.17) is 0 Å². The molecule has 1 aromatic rings. The molecule has 1 fully saturated rings. The number of hydrogen-bond acceptors (Lipinski definition) is 3. The van der Waals surface area contributed by atoms with Crippen LogP contribution < -0.4 is 10.6 Å². The van der Waals surface area contributed by atoms with E-state index in [2.05, 4.69) is 10.6 Å². The third-order valence-electron chi connectivity index (χ3n) is 3.52. The second-order valence-electron chi connectivity index (χ2n) is 5.55. The monoisotopic (exact) mass is 312 g/mol. The maximum absolute atomic E-state index is 13.5. The first-order valence-electron chi connectivity index (χ1n) is 7.06. The molecule has 116 valence electrons. The molecule has 2 amide bonds. The second kappa shape index (κ2) is 7.13. The molecule has 0 aliphatic carbocycles. The van der Waals surface area contributed by atoms with E-state index in [1.165, 1.54) is 6.07 Å². The molecular formula is C15H21FN2O2S. The van der Waals surface area contributed by atoms with Gasteiger partial charge in [0.1, 0.15) is 5.82 Å². The van der Waals surface area contributed by atoms with E-state index in [1.807, 2.05) is 6.92 Å². The Morgan fingerprint density at radius 2 is 2.29 bits per heavy atom. The third-order valence-corrected chi connectivity index (χ3v) is 4.76. The summed E-state index contributed by atoms with van der Waals surface area (Å²) < 4.78 is 13.5. The van der Waals surface area contributed by atoms with Crippen LogP contribution in [0.25, 0.3) is 0 Å². The summed E-state index contributed by atoms with van der Waals surface area (Å²) >= 11 is 1.69. The normalized spacial score (nSPS) is 22.8. The van der Waals surface area contributed by atoms with Crippen LogP contribution in [0.4, 0.5) is 9.18 Å². The quantitative estimate of drug-likeness (QED) is 0.778. The topological polar surface area (TPSA) is 61.4 Å². The largest absolute Gasteiger partial charge is 0.387 e. The Hall–Kier alpha value is -1.27. The smallest absolute Gasteiger partial charge is 0.315 e. The van der Waals surface area contributed by atoms with Crippen LogP contribution in [0.1, 0.15) is 18.9 Å². The Balaban J connectivity index is 1.76. The van der Waals surface area contributed by atoms with Crippen LogP contribution in [-0.2, 0) is 6.42 Å². The lowest BCUT2D eigenvalue weighted by Crippen LogP contribution is -2.48. The van der Waals surface area contributed by atoms with Gasteiger partial charge >= 0.3 is 6.03 Å². The van der Waals surface area contributed by atoms with E-state index in [0.29, 0.717) is 24.2 Å². The zero-order valence-electron chi connectivity index (χ0n) is 12.1. The fourth-order valence-corrected chi connectivity index (χ4v) is 3.60. The van der Waals surface area contributed by atoms with E-state index in [9.17, 15) is 14.3 Å². The molecule has 1 aliphatic heterocycles. The number of carbonyl (C=O) groups is 1. The van der Waals surface area contributed by atoms with Crippen LogP contribution in [0.5, 0.6) is 0 Å². The van der Waals surface area contributed by atoms with Crippen molar-refractivity contribution in [3.63, 3.8) is 0 Å². The van der Waals surface area contributed by atoms with E-state index in [1.54, 1.807) is 30.0 Å². The van der Waals surface area contributed by atoms with Gasteiger partial charge in [0.25, 0.3) is 0 Å². The summed E-state index contributed by atoms with van der Waals surface area (Å²) in [7, 11) is 0. The van der Waals surface area contributed by atoms with Crippen molar-refractivity contribution in [2.24, 2.45) is 0 Å². The van der Waals surface area contributed by atoms with Gasteiger partial charge in [-0.15, -0.1) is 0 Å². The average molecular weight is 312 g/mol. The van der Waals surface area contributed by atoms with Crippen molar-refractivity contribution < 1.29 is 14.3 Å². The number of halogens is 1. The molecule has 0 saturated carbocycles. The first kappa shape index (κ1) is 16.1. The first-order valence-corrected chi connectivity index (χ1v) is 8.22. The summed E-state index contributed by atoms with van der Waals surface area (Å²) in [5, 5.41) is 15.6. The van der Waals surface area contributed by atoms with Crippen molar-refractivity contribution in [3.05, 3.63) is 35.6 Å². The van der Waals surface area contributed by atoms with Crippen molar-refractivity contribution in [2.75, 3.05) is 18.1 Å². The highest BCUT2D eigenvalue weighted by Gasteiger charge is 2.32. The van der Waals surface area contributed by atoms with Gasteiger partial charge in [0.15, 0.2) is 0 Å². The fraction of sp³-hybridized carbons (Fsp3) is 0.533. The van der Waals surface area contributed by atoms with E-state index in [-0.39, 0.29) is 24.4 Å². The zero-order chi connectivity index (χ0) is 15.3. The molecule has 6 heteroatoms. The molecule has 0 aromatic heterocycles. The highest BCUT2D eigenvalue weighted by atomic mass is 32.2. The number of carbonyl (C=O) groups excluding carboxylic acids is 1. The highest BCUT2D eigenvalue weighted by Crippen LogP contribution is 2.26. The predicted octanol–water partition coefficient (Wildman–Crippen LogP) is 1.92. The molecule has 0 spiro atoms. The SMILES string of the molecule is CC(Cc1ccccc1F)NC(=O)NCC1(O)CCSC1. The van der Waals surface area contributed by atoms with Crippen LogP contribution in [0.15, 0.2) is 24.3 Å². The van der Waals surface area contributed by atoms with Gasteiger partial charge in [-0.1, -0.05) is 18.2 Å². The van der Waals surface area contributed by atoms with Crippen molar-refractivity contribution in [1.29, 1.82) is 0 Å². The molecule has 0 bridgehead atoms. The van der Waals surface area contributed by atoms with Gasteiger partial charge in [-0.25, -0.2) is 9.18 Å². The molecule has 0 radical (unpaired) electrons. The van der Waals surface area contributed by atoms with Crippen LogP contribution >= 0.6 is 11.8 Å². The Bertz CT molecular complexity index is 492. The van der Waals surface area contributed by atoms with Crippen molar-refractivity contribution in [3.8, 4) is 0 Å². The number of thioether (sulfide) groups is 1. The fourth-order valence-electron chi connectivity index (χ4n) is 2.30. The summed E-state index contributed by atoms with van der Waals surface area (Å²) in [4.78, 5) is 11.8. The molecule has 1 aliphatic rings. The maximum atomic E-state index is 13.5. The Morgan fingerprint density at radius 1 is 1.52 bits per heavy atom. The Kier molecular flexibility index (Phi) is 5.47. The number of amides is 2. The van der Waals surface area contributed by atoms with Gasteiger partial charge in [0.2, 0.25) is 0 Å². The lowest BCUT2D eigenvalue weighted by Gasteiger charge is -2.22. The summed E-state index contributed by atoms with van der Waals surface area (Å²) in [6, 6.07) is 6.03. The highest BCUT2D eigenvalue weighted by molar-refractivity contribution is 7.99. The molecule has 2 rings (SSSR count). The van der Waals surface area contributed by atoms with Gasteiger partial charge in [-0.2, -0.15) is 11.8 Å². The van der Waals surface area contributed by atoms with Crippen molar-refractivity contribution >= 4 is 17.8 Å². The van der Waals surface area contributed by atoms with Crippen LogP contribution in [0.2, 0.25) is 0 Å². The van der Waals surface area contributed by atoms with Gasteiger partial charge < -0.3 is 15.7 Å². The third kappa shape index (κ3) is 4.89. The molecule has 1 heterocycles. The number of nitrogens with one attached hydrogen (secondary N) is 2. The molecule has 2 unspecified atom stereocenters. The maximum Gasteiger partial charge on any atom is 0.315 e. The van der Waals surface area contributed by atoms with Crippen molar-refractivity contribution in [2.45, 2.75) is 31.4 Å². The minimum Gasteiger partial charge on any atom is -0.387 e. The molecule has 21 heavy (non-hydrogen) atoms. The lowest BCUT2D eigenvalue weighted by atomic mass is 10.0. The summed E-state index contributed by atoms with van der Waals surface area (Å²) in [6.45, 7) is 2.07. The lowest BCUT2D eigenvalue weighted by molar-refractivity contribution is 0.0699. The standard InChI is InChI=1S/C15H21FN2O2S/c1-11(8-12-4-2-3-5-13(12)16)18-14(19)17-9-15(20)6-7-21-10-15/h2-5,11,20H,6-10H2,1H3,(H2,17,18,19). The van der Waals surface area contributed by atoms with Gasteiger partial charge in [-0.3, -0.25) is 0 Å². The summed E-state index contributed by atoms with van der Waals surface area (Å²) in [6.07, 6.45) is 1.13. The minimum atomic E-state index is -0.795. The molecule has 4 nitrogen and oxygen atoms in total. The summed E-state index contributed by atoms with van der Waals surface area (Å²) in [5.74, 6) is 1.31. The Morgan fingerprint density at radius 3 is 2.95 bits per heavy atom. The van der Waals surface area contributed by atoms with Crippen molar-refractivity contribution in [1.82, 2.24) is 10.6 Å². The number of benzene rings is 1. The summed E-state index contributed by atoms with van der Waals surface area (Å²) in [5.41, 5.74) is -0.215. The average Bonchev–Trinajstić information content (AvgIpc) is 2.87.